The number of benzene rings is 1. The second-order valence-electron chi connectivity index (χ2n) is 5.43. The SMILES string of the molecule is CC(C)CC(CNC(=O)N(C)c1ccc(O)cc1)C(=O)O. The molecule has 0 aliphatic heterocycles. The minimum absolute atomic E-state index is 0.0920. The lowest BCUT2D eigenvalue weighted by Gasteiger charge is -2.20. The van der Waals surface area contributed by atoms with Crippen molar-refractivity contribution < 1.29 is 19.8 Å². The molecule has 0 saturated heterocycles. The molecular weight excluding hydrogens is 272 g/mol. The third-order valence-electron chi connectivity index (χ3n) is 3.15. The molecule has 1 atom stereocenters. The van der Waals surface area contributed by atoms with Crippen molar-refractivity contribution in [3.05, 3.63) is 24.3 Å². The van der Waals surface area contributed by atoms with Gasteiger partial charge in [-0.15, -0.1) is 0 Å². The van der Waals surface area contributed by atoms with Crippen LogP contribution in [0.5, 0.6) is 5.75 Å². The summed E-state index contributed by atoms with van der Waals surface area (Å²) in [5.41, 5.74) is 0.612. The van der Waals surface area contributed by atoms with Gasteiger partial charge < -0.3 is 15.5 Å². The van der Waals surface area contributed by atoms with Gasteiger partial charge in [-0.1, -0.05) is 13.8 Å². The van der Waals surface area contributed by atoms with E-state index in [-0.39, 0.29) is 24.2 Å². The Morgan fingerprint density at radius 3 is 2.29 bits per heavy atom. The van der Waals surface area contributed by atoms with Gasteiger partial charge in [-0.25, -0.2) is 4.79 Å². The van der Waals surface area contributed by atoms with Crippen molar-refractivity contribution in [2.24, 2.45) is 11.8 Å². The molecule has 0 heterocycles. The third kappa shape index (κ3) is 5.33. The van der Waals surface area contributed by atoms with E-state index in [0.29, 0.717) is 12.1 Å². The summed E-state index contributed by atoms with van der Waals surface area (Å²) in [6.45, 7) is 3.98. The second-order valence-corrected chi connectivity index (χ2v) is 5.43. The number of carbonyl (C=O) groups is 2. The van der Waals surface area contributed by atoms with Crippen LogP contribution < -0.4 is 10.2 Å². The molecule has 1 aromatic carbocycles. The number of carbonyl (C=O) groups excluding carboxylic acids is 1. The summed E-state index contributed by atoms with van der Waals surface area (Å²) < 4.78 is 0. The Hall–Kier alpha value is -2.24. The molecule has 116 valence electrons. The minimum Gasteiger partial charge on any atom is -0.508 e. The zero-order valence-corrected chi connectivity index (χ0v) is 12.5. The van der Waals surface area contributed by atoms with E-state index in [2.05, 4.69) is 5.32 Å². The number of urea groups is 1. The van der Waals surface area contributed by atoms with Crippen LogP contribution in [0.25, 0.3) is 0 Å². The summed E-state index contributed by atoms with van der Waals surface area (Å²) >= 11 is 0. The van der Waals surface area contributed by atoms with E-state index in [1.807, 2.05) is 13.8 Å². The van der Waals surface area contributed by atoms with E-state index in [4.69, 9.17) is 5.11 Å². The van der Waals surface area contributed by atoms with Gasteiger partial charge in [0.2, 0.25) is 0 Å². The highest BCUT2D eigenvalue weighted by Gasteiger charge is 2.20. The molecule has 0 radical (unpaired) electrons. The van der Waals surface area contributed by atoms with Gasteiger partial charge in [0, 0.05) is 19.3 Å². The summed E-state index contributed by atoms with van der Waals surface area (Å²) in [5, 5.41) is 21.0. The fourth-order valence-corrected chi connectivity index (χ4v) is 1.96. The fourth-order valence-electron chi connectivity index (χ4n) is 1.96. The van der Waals surface area contributed by atoms with Crippen LogP contribution in [0.1, 0.15) is 20.3 Å². The van der Waals surface area contributed by atoms with Crippen molar-refractivity contribution in [1.29, 1.82) is 0 Å². The van der Waals surface area contributed by atoms with Gasteiger partial charge in [-0.3, -0.25) is 9.69 Å². The Morgan fingerprint density at radius 1 is 1.24 bits per heavy atom. The average Bonchev–Trinajstić information content (AvgIpc) is 2.42. The first-order valence-electron chi connectivity index (χ1n) is 6.84. The number of carboxylic acid groups (broad SMARTS) is 1. The van der Waals surface area contributed by atoms with E-state index < -0.39 is 11.9 Å². The maximum absolute atomic E-state index is 12.0. The van der Waals surface area contributed by atoms with Crippen molar-refractivity contribution in [2.75, 3.05) is 18.5 Å². The predicted octanol–water partition coefficient (Wildman–Crippen LogP) is 2.28. The van der Waals surface area contributed by atoms with Crippen LogP contribution in [0.2, 0.25) is 0 Å². The lowest BCUT2D eigenvalue weighted by atomic mass is 9.97. The van der Waals surface area contributed by atoms with Gasteiger partial charge in [0.25, 0.3) is 0 Å². The first-order chi connectivity index (χ1) is 9.81. The van der Waals surface area contributed by atoms with E-state index in [0.717, 1.165) is 0 Å². The van der Waals surface area contributed by atoms with E-state index in [9.17, 15) is 14.7 Å². The molecule has 3 N–H and O–H groups in total. The summed E-state index contributed by atoms with van der Waals surface area (Å²) in [6.07, 6.45) is 0.512. The molecule has 6 heteroatoms. The highest BCUT2D eigenvalue weighted by molar-refractivity contribution is 5.91. The molecule has 6 nitrogen and oxygen atoms in total. The molecule has 1 aromatic rings. The average molecular weight is 294 g/mol. The molecule has 0 spiro atoms. The number of rotatable bonds is 6. The highest BCUT2D eigenvalue weighted by atomic mass is 16.4. The molecule has 1 rings (SSSR count). The number of anilines is 1. The van der Waals surface area contributed by atoms with E-state index >= 15 is 0 Å². The van der Waals surface area contributed by atoms with Gasteiger partial charge in [0.15, 0.2) is 0 Å². The van der Waals surface area contributed by atoms with Crippen LogP contribution >= 0.6 is 0 Å². The number of phenols is 1. The largest absolute Gasteiger partial charge is 0.508 e. The van der Waals surface area contributed by atoms with Crippen molar-refractivity contribution in [3.63, 3.8) is 0 Å². The minimum atomic E-state index is -0.906. The summed E-state index contributed by atoms with van der Waals surface area (Å²) in [7, 11) is 1.58. The lowest BCUT2D eigenvalue weighted by molar-refractivity contribution is -0.142. The predicted molar refractivity (Wildman–Crippen MR) is 80.5 cm³/mol. The number of nitrogens with zero attached hydrogens (tertiary/aromatic N) is 1. The molecule has 0 aliphatic carbocycles. The molecule has 2 amide bonds. The lowest BCUT2D eigenvalue weighted by Crippen LogP contribution is -2.41. The van der Waals surface area contributed by atoms with Gasteiger partial charge in [-0.05, 0) is 36.6 Å². The molecular formula is C15H22N2O4. The Bertz CT molecular complexity index is 485. The maximum Gasteiger partial charge on any atom is 0.321 e. The highest BCUT2D eigenvalue weighted by Crippen LogP contribution is 2.17. The van der Waals surface area contributed by atoms with E-state index in [1.165, 1.54) is 17.0 Å². The molecule has 0 bridgehead atoms. The third-order valence-corrected chi connectivity index (χ3v) is 3.15. The second kappa shape index (κ2) is 7.52. The van der Waals surface area contributed by atoms with Crippen LogP contribution in [0, 0.1) is 11.8 Å². The molecule has 0 saturated carbocycles. The first kappa shape index (κ1) is 16.8. The topological polar surface area (TPSA) is 89.9 Å². The van der Waals surface area contributed by atoms with Gasteiger partial charge in [-0.2, -0.15) is 0 Å². The Labute approximate surface area is 124 Å². The molecule has 0 aromatic heterocycles. The fraction of sp³-hybridized carbons (Fsp3) is 0.467. The van der Waals surface area contributed by atoms with Crippen LogP contribution in [-0.4, -0.2) is 35.8 Å². The number of nitrogens with one attached hydrogen (secondary N) is 1. The van der Waals surface area contributed by atoms with Crippen LogP contribution in [-0.2, 0) is 4.79 Å². The van der Waals surface area contributed by atoms with Crippen molar-refractivity contribution in [3.8, 4) is 5.75 Å². The van der Waals surface area contributed by atoms with Crippen LogP contribution in [0.3, 0.4) is 0 Å². The smallest absolute Gasteiger partial charge is 0.321 e. The van der Waals surface area contributed by atoms with Gasteiger partial charge >= 0.3 is 12.0 Å². The maximum atomic E-state index is 12.0. The van der Waals surface area contributed by atoms with Crippen molar-refractivity contribution >= 4 is 17.7 Å². The summed E-state index contributed by atoms with van der Waals surface area (Å²) in [6, 6.07) is 5.81. The number of aliphatic carboxylic acids is 1. The number of aromatic hydroxyl groups is 1. The Kier molecular flexibility index (Phi) is 6.02. The monoisotopic (exact) mass is 294 g/mol. The molecule has 0 aliphatic rings. The van der Waals surface area contributed by atoms with Gasteiger partial charge in [0.1, 0.15) is 5.75 Å². The van der Waals surface area contributed by atoms with Gasteiger partial charge in [0.05, 0.1) is 5.92 Å². The zero-order valence-electron chi connectivity index (χ0n) is 12.5. The van der Waals surface area contributed by atoms with Crippen LogP contribution in [0.4, 0.5) is 10.5 Å². The van der Waals surface area contributed by atoms with Crippen molar-refractivity contribution in [1.82, 2.24) is 5.32 Å². The first-order valence-corrected chi connectivity index (χ1v) is 6.84. The number of phenolic OH excluding ortho intramolecular Hbond substituents is 1. The quantitative estimate of drug-likeness (QED) is 0.751. The number of hydrogen-bond donors (Lipinski definition) is 3. The number of carboxylic acids is 1. The molecule has 0 fully saturated rings. The van der Waals surface area contributed by atoms with Crippen molar-refractivity contribution in [2.45, 2.75) is 20.3 Å². The number of hydrogen-bond acceptors (Lipinski definition) is 3. The molecule has 1 unspecified atom stereocenters. The summed E-state index contributed by atoms with van der Waals surface area (Å²) in [5.74, 6) is -1.13. The normalized spacial score (nSPS) is 12.0. The molecule has 21 heavy (non-hydrogen) atoms. The Balaban J connectivity index is 2.59. The zero-order chi connectivity index (χ0) is 16.0. The summed E-state index contributed by atoms with van der Waals surface area (Å²) in [4.78, 5) is 24.5. The van der Waals surface area contributed by atoms with Crippen LogP contribution in [0.15, 0.2) is 24.3 Å². The van der Waals surface area contributed by atoms with E-state index in [1.54, 1.807) is 19.2 Å². The Morgan fingerprint density at radius 2 is 1.81 bits per heavy atom. The standard InChI is InChI=1S/C15H22N2O4/c1-10(2)8-11(14(19)20)9-16-15(21)17(3)12-4-6-13(18)7-5-12/h4-7,10-11,18H,8-9H2,1-3H3,(H,16,21)(H,19,20). The number of amides is 2.